The number of para-hydroxylation sites is 1. The maximum atomic E-state index is 12.6. The zero-order valence-electron chi connectivity index (χ0n) is 16.1. The molecule has 28 heavy (non-hydrogen) atoms. The SMILES string of the molecule is COc1ccc(Nc2nnc(SC(C)C(=O)Nc3c(C)cccc3C)s2)cc1. The highest BCUT2D eigenvalue weighted by Gasteiger charge is 2.18. The zero-order valence-corrected chi connectivity index (χ0v) is 17.8. The minimum atomic E-state index is -0.291. The van der Waals surface area contributed by atoms with Gasteiger partial charge in [0.1, 0.15) is 5.75 Å². The van der Waals surface area contributed by atoms with Crippen LogP contribution in [0.1, 0.15) is 18.1 Å². The number of rotatable bonds is 7. The maximum Gasteiger partial charge on any atom is 0.237 e. The van der Waals surface area contributed by atoms with E-state index in [0.717, 1.165) is 32.6 Å². The van der Waals surface area contributed by atoms with Crippen molar-refractivity contribution in [3.63, 3.8) is 0 Å². The molecule has 0 bridgehead atoms. The summed E-state index contributed by atoms with van der Waals surface area (Å²) in [5.74, 6) is 0.741. The van der Waals surface area contributed by atoms with Crippen molar-refractivity contribution in [2.45, 2.75) is 30.4 Å². The first-order valence-corrected chi connectivity index (χ1v) is 10.4. The van der Waals surface area contributed by atoms with E-state index in [4.69, 9.17) is 4.74 Å². The van der Waals surface area contributed by atoms with Gasteiger partial charge < -0.3 is 15.4 Å². The number of thioether (sulfide) groups is 1. The van der Waals surface area contributed by atoms with E-state index < -0.39 is 0 Å². The molecule has 1 unspecified atom stereocenters. The summed E-state index contributed by atoms with van der Waals surface area (Å²) in [6.07, 6.45) is 0. The summed E-state index contributed by atoms with van der Waals surface area (Å²) in [5.41, 5.74) is 3.87. The fourth-order valence-corrected chi connectivity index (χ4v) is 4.46. The molecule has 1 atom stereocenters. The highest BCUT2D eigenvalue weighted by molar-refractivity contribution is 8.02. The highest BCUT2D eigenvalue weighted by atomic mass is 32.2. The molecule has 0 aliphatic heterocycles. The number of nitrogens with zero attached hydrogens (tertiary/aromatic N) is 2. The quantitative estimate of drug-likeness (QED) is 0.528. The summed E-state index contributed by atoms with van der Waals surface area (Å²) in [4.78, 5) is 12.6. The predicted molar refractivity (Wildman–Crippen MR) is 116 cm³/mol. The molecule has 2 aromatic carbocycles. The molecular weight excluding hydrogens is 392 g/mol. The van der Waals surface area contributed by atoms with E-state index in [0.29, 0.717) is 5.13 Å². The number of methoxy groups -OCH3 is 1. The normalized spacial score (nSPS) is 11.7. The van der Waals surface area contributed by atoms with Crippen molar-refractivity contribution in [3.05, 3.63) is 53.6 Å². The average Bonchev–Trinajstić information content (AvgIpc) is 3.12. The van der Waals surface area contributed by atoms with Crippen LogP contribution in [0.3, 0.4) is 0 Å². The van der Waals surface area contributed by atoms with Gasteiger partial charge >= 0.3 is 0 Å². The van der Waals surface area contributed by atoms with Gasteiger partial charge in [0.25, 0.3) is 0 Å². The first kappa shape index (κ1) is 20.2. The number of nitrogens with one attached hydrogen (secondary N) is 2. The van der Waals surface area contributed by atoms with Crippen LogP contribution in [0.4, 0.5) is 16.5 Å². The van der Waals surface area contributed by atoms with Crippen LogP contribution in [0.15, 0.2) is 46.8 Å². The van der Waals surface area contributed by atoms with Crippen molar-refractivity contribution in [1.82, 2.24) is 10.2 Å². The van der Waals surface area contributed by atoms with Gasteiger partial charge in [-0.15, -0.1) is 10.2 Å². The number of carbonyl (C=O) groups excluding carboxylic acids is 1. The predicted octanol–water partition coefficient (Wildman–Crippen LogP) is 5.03. The molecule has 1 aromatic heterocycles. The van der Waals surface area contributed by atoms with Crippen LogP contribution >= 0.6 is 23.1 Å². The monoisotopic (exact) mass is 414 g/mol. The summed E-state index contributed by atoms with van der Waals surface area (Å²) < 4.78 is 5.89. The molecule has 1 heterocycles. The number of aromatic nitrogens is 2. The molecule has 2 N–H and O–H groups in total. The molecule has 1 amide bonds. The Morgan fingerprint density at radius 2 is 1.79 bits per heavy atom. The zero-order chi connectivity index (χ0) is 20.1. The molecule has 0 radical (unpaired) electrons. The van der Waals surface area contributed by atoms with Crippen LogP contribution < -0.4 is 15.4 Å². The number of carbonyl (C=O) groups is 1. The van der Waals surface area contributed by atoms with Crippen molar-refractivity contribution in [1.29, 1.82) is 0 Å². The smallest absolute Gasteiger partial charge is 0.237 e. The Kier molecular flexibility index (Phi) is 6.53. The minimum Gasteiger partial charge on any atom is -0.497 e. The van der Waals surface area contributed by atoms with Crippen molar-refractivity contribution in [2.75, 3.05) is 17.7 Å². The van der Waals surface area contributed by atoms with E-state index in [1.807, 2.05) is 63.2 Å². The lowest BCUT2D eigenvalue weighted by molar-refractivity contribution is -0.115. The van der Waals surface area contributed by atoms with Crippen LogP contribution in [0.2, 0.25) is 0 Å². The van der Waals surface area contributed by atoms with Crippen molar-refractivity contribution in [2.24, 2.45) is 0 Å². The molecular formula is C20H22N4O2S2. The Morgan fingerprint density at radius 3 is 2.43 bits per heavy atom. The second-order valence-electron chi connectivity index (χ2n) is 6.24. The minimum absolute atomic E-state index is 0.0535. The number of amides is 1. The summed E-state index contributed by atoms with van der Waals surface area (Å²) in [6, 6.07) is 13.5. The Balaban J connectivity index is 1.59. The van der Waals surface area contributed by atoms with Gasteiger partial charge in [0, 0.05) is 11.4 Å². The Bertz CT molecular complexity index is 937. The first-order chi connectivity index (χ1) is 13.5. The maximum absolute atomic E-state index is 12.6. The number of hydrogen-bond donors (Lipinski definition) is 2. The third-order valence-corrected chi connectivity index (χ3v) is 6.15. The third kappa shape index (κ3) is 5.02. The summed E-state index contributed by atoms with van der Waals surface area (Å²) >= 11 is 2.81. The molecule has 8 heteroatoms. The Morgan fingerprint density at radius 1 is 1.11 bits per heavy atom. The molecule has 0 aliphatic carbocycles. The van der Waals surface area contributed by atoms with Crippen molar-refractivity contribution < 1.29 is 9.53 Å². The van der Waals surface area contributed by atoms with Crippen LogP contribution in [0.25, 0.3) is 0 Å². The summed E-state index contributed by atoms with van der Waals surface area (Å²) in [7, 11) is 1.63. The second-order valence-corrected chi connectivity index (χ2v) is 8.81. The molecule has 0 spiro atoms. The van der Waals surface area contributed by atoms with Gasteiger partial charge in [-0.25, -0.2) is 0 Å². The van der Waals surface area contributed by atoms with Gasteiger partial charge in [-0.3, -0.25) is 4.79 Å². The van der Waals surface area contributed by atoms with Crippen molar-refractivity contribution >= 4 is 45.5 Å². The molecule has 0 aliphatic rings. The summed E-state index contributed by atoms with van der Waals surface area (Å²) in [5, 5.41) is 14.9. The van der Waals surface area contributed by atoms with Gasteiger partial charge in [-0.2, -0.15) is 0 Å². The first-order valence-electron chi connectivity index (χ1n) is 8.74. The van der Waals surface area contributed by atoms with Crippen LogP contribution in [-0.2, 0) is 4.79 Å². The van der Waals surface area contributed by atoms with E-state index in [1.165, 1.54) is 23.1 Å². The summed E-state index contributed by atoms with van der Waals surface area (Å²) in [6.45, 7) is 5.84. The fourth-order valence-electron chi connectivity index (χ4n) is 2.55. The molecule has 0 saturated heterocycles. The molecule has 146 valence electrons. The third-order valence-electron chi connectivity index (χ3n) is 4.12. The number of benzene rings is 2. The number of anilines is 3. The second kappa shape index (κ2) is 9.07. The lowest BCUT2D eigenvalue weighted by atomic mass is 10.1. The van der Waals surface area contributed by atoms with E-state index in [-0.39, 0.29) is 11.2 Å². The standard InChI is InChI=1S/C20H22N4O2S2/c1-12-6-5-7-13(2)17(12)22-18(25)14(3)27-20-24-23-19(28-20)21-15-8-10-16(26-4)11-9-15/h5-11,14H,1-4H3,(H,21,23)(H,22,25). The fraction of sp³-hybridized carbons (Fsp3) is 0.250. The van der Waals surface area contributed by atoms with E-state index in [1.54, 1.807) is 7.11 Å². The van der Waals surface area contributed by atoms with Gasteiger partial charge in [0.15, 0.2) is 4.34 Å². The van der Waals surface area contributed by atoms with Gasteiger partial charge in [0.2, 0.25) is 11.0 Å². The Labute approximate surface area is 172 Å². The van der Waals surface area contributed by atoms with Crippen LogP contribution in [-0.4, -0.2) is 28.5 Å². The molecule has 0 saturated carbocycles. The number of hydrogen-bond acceptors (Lipinski definition) is 7. The van der Waals surface area contributed by atoms with Crippen molar-refractivity contribution in [3.8, 4) is 5.75 Å². The van der Waals surface area contributed by atoms with Gasteiger partial charge in [-0.1, -0.05) is 41.3 Å². The Hall–Kier alpha value is -2.58. The lowest BCUT2D eigenvalue weighted by Crippen LogP contribution is -2.23. The topological polar surface area (TPSA) is 76.1 Å². The van der Waals surface area contributed by atoms with E-state index in [2.05, 4.69) is 20.8 Å². The molecule has 3 rings (SSSR count). The van der Waals surface area contributed by atoms with Crippen LogP contribution in [0, 0.1) is 13.8 Å². The largest absolute Gasteiger partial charge is 0.497 e. The molecule has 3 aromatic rings. The van der Waals surface area contributed by atoms with Gasteiger partial charge in [0.05, 0.1) is 12.4 Å². The van der Waals surface area contributed by atoms with E-state index in [9.17, 15) is 4.79 Å². The molecule has 0 fully saturated rings. The van der Waals surface area contributed by atoms with Crippen LogP contribution in [0.5, 0.6) is 5.75 Å². The van der Waals surface area contributed by atoms with Gasteiger partial charge in [-0.05, 0) is 56.2 Å². The highest BCUT2D eigenvalue weighted by Crippen LogP contribution is 2.31. The average molecular weight is 415 g/mol. The number of aryl methyl sites for hydroxylation is 2. The number of ether oxygens (including phenoxy) is 1. The molecule has 6 nitrogen and oxygen atoms in total. The van der Waals surface area contributed by atoms with E-state index >= 15 is 0 Å². The lowest BCUT2D eigenvalue weighted by Gasteiger charge is -2.14.